The van der Waals surface area contributed by atoms with E-state index in [1.807, 2.05) is 13.0 Å². The summed E-state index contributed by atoms with van der Waals surface area (Å²) < 4.78 is 5.33. The Morgan fingerprint density at radius 1 is 1.47 bits per heavy atom. The molecule has 0 atom stereocenters. The van der Waals surface area contributed by atoms with Gasteiger partial charge >= 0.3 is 0 Å². The standard InChI is InChI=1S/C13H17N3O3/c1-2-7-19-8-3-6-15-13-5-4-12(16(17)18)9-11(13)10-14/h4-5,9,15H,2-3,6-8H2,1H3. The maximum absolute atomic E-state index is 10.6. The Morgan fingerprint density at radius 3 is 2.89 bits per heavy atom. The van der Waals surface area contributed by atoms with Gasteiger partial charge in [-0.2, -0.15) is 5.26 Å². The predicted octanol–water partition coefficient (Wildman–Crippen LogP) is 2.70. The van der Waals surface area contributed by atoms with Crippen LogP contribution in [0.5, 0.6) is 0 Å². The van der Waals surface area contributed by atoms with Crippen LogP contribution in [0.25, 0.3) is 0 Å². The van der Waals surface area contributed by atoms with E-state index < -0.39 is 4.92 Å². The first kappa shape index (κ1) is 14.9. The summed E-state index contributed by atoms with van der Waals surface area (Å²) in [5.41, 5.74) is 0.820. The third-order valence-electron chi connectivity index (χ3n) is 2.46. The molecule has 0 heterocycles. The molecule has 6 nitrogen and oxygen atoms in total. The minimum Gasteiger partial charge on any atom is -0.384 e. The molecule has 19 heavy (non-hydrogen) atoms. The molecule has 0 fully saturated rings. The number of hydrogen-bond acceptors (Lipinski definition) is 5. The molecule has 6 heteroatoms. The van der Waals surface area contributed by atoms with Gasteiger partial charge in [-0.05, 0) is 18.9 Å². The molecule has 1 aromatic rings. The van der Waals surface area contributed by atoms with Crippen LogP contribution < -0.4 is 5.32 Å². The van der Waals surface area contributed by atoms with Gasteiger partial charge in [0.15, 0.2) is 0 Å². The van der Waals surface area contributed by atoms with Gasteiger partial charge in [0.05, 0.1) is 16.2 Å². The number of nitriles is 1. The van der Waals surface area contributed by atoms with Crippen LogP contribution in [0, 0.1) is 21.4 Å². The number of benzene rings is 1. The maximum atomic E-state index is 10.6. The van der Waals surface area contributed by atoms with Gasteiger partial charge in [0.1, 0.15) is 6.07 Å². The van der Waals surface area contributed by atoms with E-state index in [9.17, 15) is 10.1 Å². The van der Waals surface area contributed by atoms with E-state index in [1.165, 1.54) is 12.1 Å². The average Bonchev–Trinajstić information content (AvgIpc) is 2.42. The first-order valence-corrected chi connectivity index (χ1v) is 6.19. The molecule has 0 radical (unpaired) electrons. The number of nitro benzene ring substituents is 1. The molecule has 0 saturated carbocycles. The Bertz CT molecular complexity index is 469. The lowest BCUT2D eigenvalue weighted by Gasteiger charge is -2.08. The lowest BCUT2D eigenvalue weighted by Crippen LogP contribution is -2.07. The number of non-ortho nitro benzene ring substituents is 1. The van der Waals surface area contributed by atoms with E-state index in [2.05, 4.69) is 5.32 Å². The van der Waals surface area contributed by atoms with E-state index >= 15 is 0 Å². The molecule has 1 N–H and O–H groups in total. The van der Waals surface area contributed by atoms with Crippen molar-refractivity contribution < 1.29 is 9.66 Å². The Morgan fingerprint density at radius 2 is 2.26 bits per heavy atom. The maximum Gasteiger partial charge on any atom is 0.270 e. The van der Waals surface area contributed by atoms with Crippen LogP contribution in [0.3, 0.4) is 0 Å². The highest BCUT2D eigenvalue weighted by Crippen LogP contribution is 2.21. The number of hydrogen-bond donors (Lipinski definition) is 1. The topological polar surface area (TPSA) is 88.2 Å². The van der Waals surface area contributed by atoms with Crippen molar-refractivity contribution in [3.8, 4) is 6.07 Å². The van der Waals surface area contributed by atoms with Gasteiger partial charge in [-0.1, -0.05) is 6.92 Å². The summed E-state index contributed by atoms with van der Waals surface area (Å²) in [6.45, 7) is 4.13. The molecular formula is C13H17N3O3. The van der Waals surface area contributed by atoms with Crippen molar-refractivity contribution in [2.75, 3.05) is 25.1 Å². The van der Waals surface area contributed by atoms with Crippen LogP contribution in [0.2, 0.25) is 0 Å². The summed E-state index contributed by atoms with van der Waals surface area (Å²) in [7, 11) is 0. The zero-order chi connectivity index (χ0) is 14.1. The quantitative estimate of drug-likeness (QED) is 0.442. The highest BCUT2D eigenvalue weighted by molar-refractivity contribution is 5.61. The Hall–Kier alpha value is -2.13. The van der Waals surface area contributed by atoms with Gasteiger partial charge in [0.2, 0.25) is 0 Å². The third-order valence-corrected chi connectivity index (χ3v) is 2.46. The van der Waals surface area contributed by atoms with E-state index in [4.69, 9.17) is 10.00 Å². The van der Waals surface area contributed by atoms with Gasteiger partial charge in [0, 0.05) is 31.9 Å². The Labute approximate surface area is 112 Å². The second kappa shape index (κ2) is 8.06. The first-order valence-electron chi connectivity index (χ1n) is 6.19. The zero-order valence-corrected chi connectivity index (χ0v) is 10.9. The van der Waals surface area contributed by atoms with Crippen LogP contribution >= 0.6 is 0 Å². The van der Waals surface area contributed by atoms with Crippen molar-refractivity contribution in [2.24, 2.45) is 0 Å². The van der Waals surface area contributed by atoms with Gasteiger partial charge in [-0.15, -0.1) is 0 Å². The number of nitrogens with zero attached hydrogens (tertiary/aromatic N) is 2. The molecule has 102 valence electrons. The molecule has 1 aromatic carbocycles. The van der Waals surface area contributed by atoms with Crippen LogP contribution in [0.15, 0.2) is 18.2 Å². The second-order valence-electron chi connectivity index (χ2n) is 3.99. The molecule has 0 bridgehead atoms. The molecular weight excluding hydrogens is 246 g/mol. The molecule has 0 amide bonds. The van der Waals surface area contributed by atoms with Crippen molar-refractivity contribution in [3.05, 3.63) is 33.9 Å². The lowest BCUT2D eigenvalue weighted by molar-refractivity contribution is -0.384. The monoisotopic (exact) mass is 263 g/mol. The zero-order valence-electron chi connectivity index (χ0n) is 10.9. The highest BCUT2D eigenvalue weighted by Gasteiger charge is 2.09. The van der Waals surface area contributed by atoms with Gasteiger partial charge in [-0.3, -0.25) is 10.1 Å². The van der Waals surface area contributed by atoms with Crippen molar-refractivity contribution in [2.45, 2.75) is 19.8 Å². The predicted molar refractivity (Wildman–Crippen MR) is 72.0 cm³/mol. The van der Waals surface area contributed by atoms with Crippen LogP contribution in [0.4, 0.5) is 11.4 Å². The number of nitrogens with one attached hydrogen (secondary N) is 1. The van der Waals surface area contributed by atoms with E-state index in [0.717, 1.165) is 19.4 Å². The molecule has 0 saturated heterocycles. The summed E-state index contributed by atoms with van der Waals surface area (Å²) >= 11 is 0. The number of nitro groups is 1. The van der Waals surface area contributed by atoms with Gasteiger partial charge in [-0.25, -0.2) is 0 Å². The van der Waals surface area contributed by atoms with Gasteiger partial charge < -0.3 is 10.1 Å². The Kier molecular flexibility index (Phi) is 6.33. The van der Waals surface area contributed by atoms with E-state index in [0.29, 0.717) is 18.8 Å². The van der Waals surface area contributed by atoms with Crippen molar-refractivity contribution in [1.82, 2.24) is 0 Å². The summed E-state index contributed by atoms with van der Waals surface area (Å²) in [6.07, 6.45) is 1.82. The lowest BCUT2D eigenvalue weighted by atomic mass is 10.1. The molecule has 0 aromatic heterocycles. The minimum atomic E-state index is -0.511. The van der Waals surface area contributed by atoms with Crippen molar-refractivity contribution in [1.29, 1.82) is 5.26 Å². The fourth-order valence-electron chi connectivity index (χ4n) is 1.54. The normalized spacial score (nSPS) is 9.89. The van der Waals surface area contributed by atoms with Crippen molar-refractivity contribution >= 4 is 11.4 Å². The fourth-order valence-corrected chi connectivity index (χ4v) is 1.54. The summed E-state index contributed by atoms with van der Waals surface area (Å²) in [5, 5.41) is 22.6. The number of anilines is 1. The molecule has 0 spiro atoms. The highest BCUT2D eigenvalue weighted by atomic mass is 16.6. The minimum absolute atomic E-state index is 0.0756. The molecule has 0 aliphatic carbocycles. The van der Waals surface area contributed by atoms with E-state index in [1.54, 1.807) is 6.07 Å². The Balaban J connectivity index is 2.50. The van der Waals surface area contributed by atoms with Crippen LogP contribution in [-0.4, -0.2) is 24.7 Å². The average molecular weight is 263 g/mol. The van der Waals surface area contributed by atoms with Crippen molar-refractivity contribution in [3.63, 3.8) is 0 Å². The number of rotatable bonds is 8. The second-order valence-corrected chi connectivity index (χ2v) is 3.99. The molecule has 0 unspecified atom stereocenters. The van der Waals surface area contributed by atoms with E-state index in [-0.39, 0.29) is 11.3 Å². The fraction of sp³-hybridized carbons (Fsp3) is 0.462. The summed E-state index contributed by atoms with van der Waals surface area (Å²) in [4.78, 5) is 10.1. The SMILES string of the molecule is CCCOCCCNc1ccc([N+](=O)[O-])cc1C#N. The van der Waals surface area contributed by atoms with Crippen LogP contribution in [-0.2, 0) is 4.74 Å². The van der Waals surface area contributed by atoms with Gasteiger partial charge in [0.25, 0.3) is 5.69 Å². The first-order chi connectivity index (χ1) is 9.19. The molecule has 0 aliphatic rings. The molecule has 0 aliphatic heterocycles. The third kappa shape index (κ3) is 4.94. The van der Waals surface area contributed by atoms with Crippen LogP contribution in [0.1, 0.15) is 25.3 Å². The smallest absolute Gasteiger partial charge is 0.270 e. The molecule has 1 rings (SSSR count). The largest absolute Gasteiger partial charge is 0.384 e. The summed E-state index contributed by atoms with van der Waals surface area (Å²) in [5.74, 6) is 0. The summed E-state index contributed by atoms with van der Waals surface area (Å²) in [6, 6.07) is 6.17. The number of ether oxygens (including phenoxy) is 1.